The van der Waals surface area contributed by atoms with Crippen LogP contribution >= 0.6 is 0 Å². The molecule has 21 heavy (non-hydrogen) atoms. The van der Waals surface area contributed by atoms with Crippen molar-refractivity contribution in [2.24, 2.45) is 11.3 Å². The molecule has 2 aromatic rings. The number of ether oxygens (including phenoxy) is 1. The number of rotatable bonds is 7. The lowest BCUT2D eigenvalue weighted by Crippen LogP contribution is -2.35. The van der Waals surface area contributed by atoms with Gasteiger partial charge in [-0.15, -0.1) is 0 Å². The lowest BCUT2D eigenvalue weighted by molar-refractivity contribution is 0.175. The topological polar surface area (TPSA) is 21.3 Å². The van der Waals surface area contributed by atoms with Crippen LogP contribution in [0.15, 0.2) is 42.5 Å². The largest absolute Gasteiger partial charge is 0.493 e. The molecule has 0 spiro atoms. The van der Waals surface area contributed by atoms with Gasteiger partial charge < -0.3 is 10.1 Å². The Labute approximate surface area is 128 Å². The number of hydrogen-bond acceptors (Lipinski definition) is 2. The lowest BCUT2D eigenvalue weighted by atomic mass is 9.94. The number of fused-ring (bicyclic) bond motifs is 1. The first-order chi connectivity index (χ1) is 9.96. The minimum absolute atomic E-state index is 0.126. The molecule has 0 heterocycles. The molecule has 114 valence electrons. The average Bonchev–Trinajstić information content (AvgIpc) is 2.44. The number of benzene rings is 2. The van der Waals surface area contributed by atoms with Crippen molar-refractivity contribution in [3.63, 3.8) is 0 Å². The molecule has 0 unspecified atom stereocenters. The predicted octanol–water partition coefficient (Wildman–Crippen LogP) is 4.49. The third-order valence-corrected chi connectivity index (χ3v) is 3.51. The zero-order valence-corrected chi connectivity index (χ0v) is 13.6. The van der Waals surface area contributed by atoms with Gasteiger partial charge in [0.05, 0.1) is 6.61 Å². The standard InChI is InChI=1S/C19H27NO/c1-15(2)12-20-13-19(3,4)14-21-18-10-9-16-7-5-6-8-17(16)11-18/h5-11,15,20H,12-14H2,1-4H3. The summed E-state index contributed by atoms with van der Waals surface area (Å²) in [6.07, 6.45) is 0. The van der Waals surface area contributed by atoms with Crippen LogP contribution in [0.1, 0.15) is 27.7 Å². The first-order valence-corrected chi connectivity index (χ1v) is 7.79. The molecule has 0 fully saturated rings. The summed E-state index contributed by atoms with van der Waals surface area (Å²) in [4.78, 5) is 0. The first kappa shape index (κ1) is 15.8. The fourth-order valence-electron chi connectivity index (χ4n) is 2.29. The molecule has 0 amide bonds. The molecule has 0 saturated heterocycles. The number of nitrogens with one attached hydrogen (secondary N) is 1. The molecule has 2 aromatic carbocycles. The highest BCUT2D eigenvalue weighted by Gasteiger charge is 2.18. The second-order valence-corrected chi connectivity index (χ2v) is 6.99. The summed E-state index contributed by atoms with van der Waals surface area (Å²) < 4.78 is 6.00. The van der Waals surface area contributed by atoms with Gasteiger partial charge in [-0.3, -0.25) is 0 Å². The van der Waals surface area contributed by atoms with Gasteiger partial charge in [0, 0.05) is 12.0 Å². The normalized spacial score (nSPS) is 12.0. The van der Waals surface area contributed by atoms with Crippen LogP contribution in [0.5, 0.6) is 5.75 Å². The van der Waals surface area contributed by atoms with Gasteiger partial charge in [0.2, 0.25) is 0 Å². The van der Waals surface area contributed by atoms with E-state index >= 15 is 0 Å². The van der Waals surface area contributed by atoms with E-state index in [0.717, 1.165) is 25.4 Å². The van der Waals surface area contributed by atoms with Crippen LogP contribution in [0.4, 0.5) is 0 Å². The summed E-state index contributed by atoms with van der Waals surface area (Å²) in [5, 5.41) is 5.99. The van der Waals surface area contributed by atoms with Crippen molar-refractivity contribution < 1.29 is 4.74 Å². The van der Waals surface area contributed by atoms with Crippen LogP contribution in [0.3, 0.4) is 0 Å². The maximum atomic E-state index is 6.00. The maximum absolute atomic E-state index is 6.00. The van der Waals surface area contributed by atoms with E-state index in [1.54, 1.807) is 0 Å². The minimum Gasteiger partial charge on any atom is -0.493 e. The second kappa shape index (κ2) is 6.95. The van der Waals surface area contributed by atoms with E-state index in [2.05, 4.69) is 75.5 Å². The predicted molar refractivity (Wildman–Crippen MR) is 90.9 cm³/mol. The molecule has 0 bridgehead atoms. The van der Waals surface area contributed by atoms with Crippen LogP contribution in [-0.2, 0) is 0 Å². The van der Waals surface area contributed by atoms with Crippen LogP contribution in [-0.4, -0.2) is 19.7 Å². The summed E-state index contributed by atoms with van der Waals surface area (Å²) in [6, 6.07) is 14.7. The Balaban J connectivity index is 1.91. The molecule has 0 atom stereocenters. The Hall–Kier alpha value is -1.54. The summed E-state index contributed by atoms with van der Waals surface area (Å²) >= 11 is 0. The monoisotopic (exact) mass is 285 g/mol. The van der Waals surface area contributed by atoms with Crippen molar-refractivity contribution >= 4 is 10.8 Å². The van der Waals surface area contributed by atoms with Gasteiger partial charge in [-0.25, -0.2) is 0 Å². The third kappa shape index (κ3) is 5.05. The summed E-state index contributed by atoms with van der Waals surface area (Å²) in [5.74, 6) is 1.63. The zero-order valence-electron chi connectivity index (χ0n) is 13.6. The Morgan fingerprint density at radius 2 is 1.76 bits per heavy atom. The Morgan fingerprint density at radius 3 is 2.48 bits per heavy atom. The van der Waals surface area contributed by atoms with Gasteiger partial charge in [0.25, 0.3) is 0 Å². The first-order valence-electron chi connectivity index (χ1n) is 7.79. The van der Waals surface area contributed by atoms with E-state index in [9.17, 15) is 0 Å². The zero-order chi connectivity index (χ0) is 15.3. The quantitative estimate of drug-likeness (QED) is 0.809. The van der Waals surface area contributed by atoms with E-state index in [1.807, 2.05) is 0 Å². The van der Waals surface area contributed by atoms with Gasteiger partial charge in [-0.2, -0.15) is 0 Å². The number of hydrogen-bond donors (Lipinski definition) is 1. The highest BCUT2D eigenvalue weighted by Crippen LogP contribution is 2.23. The summed E-state index contributed by atoms with van der Waals surface area (Å²) in [5.41, 5.74) is 0.126. The Morgan fingerprint density at radius 1 is 1.05 bits per heavy atom. The van der Waals surface area contributed by atoms with Crippen molar-refractivity contribution in [1.82, 2.24) is 5.32 Å². The van der Waals surface area contributed by atoms with Crippen molar-refractivity contribution in [2.75, 3.05) is 19.7 Å². The summed E-state index contributed by atoms with van der Waals surface area (Å²) in [6.45, 7) is 11.7. The van der Waals surface area contributed by atoms with Gasteiger partial charge in [-0.05, 0) is 35.4 Å². The molecule has 0 aliphatic carbocycles. The highest BCUT2D eigenvalue weighted by atomic mass is 16.5. The SMILES string of the molecule is CC(C)CNCC(C)(C)COc1ccc2ccccc2c1. The van der Waals surface area contributed by atoms with E-state index in [1.165, 1.54) is 10.8 Å². The molecule has 0 aromatic heterocycles. The molecule has 0 radical (unpaired) electrons. The van der Waals surface area contributed by atoms with E-state index < -0.39 is 0 Å². The van der Waals surface area contributed by atoms with Crippen molar-refractivity contribution in [3.8, 4) is 5.75 Å². The Kier molecular flexibility index (Phi) is 5.24. The van der Waals surface area contributed by atoms with E-state index in [0.29, 0.717) is 5.92 Å². The van der Waals surface area contributed by atoms with Gasteiger partial charge in [0.15, 0.2) is 0 Å². The summed E-state index contributed by atoms with van der Waals surface area (Å²) in [7, 11) is 0. The molecule has 1 N–H and O–H groups in total. The fraction of sp³-hybridized carbons (Fsp3) is 0.474. The van der Waals surface area contributed by atoms with Crippen LogP contribution in [0.2, 0.25) is 0 Å². The third-order valence-electron chi connectivity index (χ3n) is 3.51. The molecule has 0 aliphatic heterocycles. The van der Waals surface area contributed by atoms with E-state index in [-0.39, 0.29) is 5.41 Å². The lowest BCUT2D eigenvalue weighted by Gasteiger charge is -2.25. The maximum Gasteiger partial charge on any atom is 0.119 e. The fourth-order valence-corrected chi connectivity index (χ4v) is 2.29. The van der Waals surface area contributed by atoms with Crippen molar-refractivity contribution in [2.45, 2.75) is 27.7 Å². The second-order valence-electron chi connectivity index (χ2n) is 6.99. The van der Waals surface area contributed by atoms with Crippen LogP contribution < -0.4 is 10.1 Å². The van der Waals surface area contributed by atoms with Crippen molar-refractivity contribution in [3.05, 3.63) is 42.5 Å². The molecule has 2 nitrogen and oxygen atoms in total. The molecule has 2 rings (SSSR count). The smallest absolute Gasteiger partial charge is 0.119 e. The molecular weight excluding hydrogens is 258 g/mol. The highest BCUT2D eigenvalue weighted by molar-refractivity contribution is 5.83. The van der Waals surface area contributed by atoms with Crippen LogP contribution in [0, 0.1) is 11.3 Å². The van der Waals surface area contributed by atoms with Crippen LogP contribution in [0.25, 0.3) is 10.8 Å². The molecule has 0 aliphatic rings. The average molecular weight is 285 g/mol. The van der Waals surface area contributed by atoms with E-state index in [4.69, 9.17) is 4.74 Å². The molecule has 0 saturated carbocycles. The molecule has 2 heteroatoms. The Bertz CT molecular complexity index is 575. The minimum atomic E-state index is 0.126. The van der Waals surface area contributed by atoms with Gasteiger partial charge in [0.1, 0.15) is 5.75 Å². The van der Waals surface area contributed by atoms with Gasteiger partial charge >= 0.3 is 0 Å². The van der Waals surface area contributed by atoms with Crippen molar-refractivity contribution in [1.29, 1.82) is 0 Å². The molecular formula is C19H27NO. The van der Waals surface area contributed by atoms with Gasteiger partial charge in [-0.1, -0.05) is 58.0 Å².